The van der Waals surface area contributed by atoms with E-state index in [2.05, 4.69) is 85.5 Å². The number of ether oxygens (including phenoxy) is 26. The van der Waals surface area contributed by atoms with Crippen molar-refractivity contribution in [2.75, 3.05) is 350 Å². The Morgan fingerprint density at radius 2 is 0.301 bits per heavy atom. The van der Waals surface area contributed by atoms with Crippen molar-refractivity contribution in [3.8, 4) is 0 Å². The van der Waals surface area contributed by atoms with Gasteiger partial charge in [-0.15, -0.1) is 85.5 Å². The summed E-state index contributed by atoms with van der Waals surface area (Å²) in [6.45, 7) is 53.1. The average Bonchev–Trinajstić information content (AvgIpc) is 1.80. The van der Waals surface area contributed by atoms with Gasteiger partial charge < -0.3 is 230 Å². The van der Waals surface area contributed by atoms with Gasteiger partial charge in [0.15, 0.2) is 0 Å². The molecule has 1 saturated heterocycles. The molecule has 0 amide bonds. The zero-order valence-corrected chi connectivity index (χ0v) is 85.7. The van der Waals surface area contributed by atoms with Gasteiger partial charge in [-0.2, -0.15) is 0 Å². The van der Waals surface area contributed by atoms with E-state index in [1.165, 1.54) is 0 Å². The van der Waals surface area contributed by atoms with Gasteiger partial charge in [-0.05, 0) is 0 Å². The van der Waals surface area contributed by atoms with E-state index >= 15 is 0 Å². The molecule has 1 rings (SSSR count). The first-order valence-corrected chi connectivity index (χ1v) is 47.5. The second kappa shape index (κ2) is 125. The maximum absolute atomic E-state index is 9.69. The van der Waals surface area contributed by atoms with Crippen LogP contribution in [0.15, 0.2) is 165 Å². The molecule has 47 nitrogen and oxygen atoms in total. The molecular weight excluding hydrogens is 1940 g/mol. The second-order valence-electron chi connectivity index (χ2n) is 30.6. The van der Waals surface area contributed by atoms with Crippen LogP contribution in [0.4, 0.5) is 0 Å². The van der Waals surface area contributed by atoms with Crippen molar-refractivity contribution in [3.63, 3.8) is 0 Å². The van der Waals surface area contributed by atoms with Gasteiger partial charge in [0.25, 0.3) is 0 Å². The Hall–Kier alpha value is -5.26. The smallest absolute Gasteiger partial charge is 0.104 e. The molecule has 0 saturated carbocycles. The van der Waals surface area contributed by atoms with E-state index in [1.807, 2.05) is 0 Å². The van der Waals surface area contributed by atoms with Gasteiger partial charge in [-0.1, -0.05) is 79.0 Å². The third kappa shape index (κ3) is 126. The molecule has 0 radical (unpaired) electrons. The van der Waals surface area contributed by atoms with Gasteiger partial charge in [0.1, 0.15) is 122 Å². The molecule has 0 aliphatic carbocycles. The molecule has 1 fully saturated rings. The Bertz CT molecular complexity index is 2730. The van der Waals surface area contributed by atoms with Gasteiger partial charge in [0, 0.05) is 0 Å². The summed E-state index contributed by atoms with van der Waals surface area (Å²) >= 11 is 0. The largest absolute Gasteiger partial charge is 0.394 e. The molecule has 1 heterocycles. The molecule has 146 heavy (non-hydrogen) atoms. The van der Waals surface area contributed by atoms with Crippen LogP contribution < -0.4 is 0 Å². The first-order chi connectivity index (χ1) is 70.5. The van der Waals surface area contributed by atoms with Crippen molar-refractivity contribution in [3.05, 3.63) is 165 Å². The summed E-state index contributed by atoms with van der Waals surface area (Å²) in [5.74, 6) is 0. The maximum Gasteiger partial charge on any atom is 0.104 e. The molecule has 1 aliphatic heterocycles. The number of rotatable bonds is 102. The lowest BCUT2D eigenvalue weighted by Gasteiger charge is -2.21. The first kappa shape index (κ1) is 154. The summed E-state index contributed by atoms with van der Waals surface area (Å²) in [5, 5.41) is 192. The number of aliphatic hydroxyl groups is 21. The summed E-state index contributed by atoms with van der Waals surface area (Å²) in [6.07, 6.45) is 7.68. The lowest BCUT2D eigenvalue weighted by molar-refractivity contribution is -0.109. The van der Waals surface area contributed by atoms with Crippen LogP contribution in [-0.2, 0) is 123 Å². The van der Waals surface area contributed by atoms with Gasteiger partial charge in [0.2, 0.25) is 0 Å². The van der Waals surface area contributed by atoms with Gasteiger partial charge in [-0.3, -0.25) is 0 Å². The highest BCUT2D eigenvalue weighted by Gasteiger charge is 2.24. The molecule has 0 aromatic carbocycles. The van der Waals surface area contributed by atoms with Gasteiger partial charge >= 0.3 is 0 Å². The molecule has 0 bridgehead atoms. The summed E-state index contributed by atoms with van der Waals surface area (Å²) in [5.41, 5.74) is 0. The summed E-state index contributed by atoms with van der Waals surface area (Å²) < 4.78 is 135. The Balaban J connectivity index is -0.000000309. The predicted molar refractivity (Wildman–Crippen MR) is 541 cm³/mol. The zero-order chi connectivity index (χ0) is 111. The van der Waals surface area contributed by atoms with Crippen LogP contribution in [0.1, 0.15) is 0 Å². The number of epoxide rings is 1. The van der Waals surface area contributed by atoms with E-state index in [0.717, 1.165) is 13.2 Å². The minimum atomic E-state index is -0.954. The molecule has 47 heteroatoms. The van der Waals surface area contributed by atoms with Crippen LogP contribution in [0.3, 0.4) is 0 Å². The van der Waals surface area contributed by atoms with E-state index in [1.54, 1.807) is 79.0 Å². The molecule has 0 spiro atoms. The Morgan fingerprint density at radius 3 is 0.500 bits per heavy atom. The molecular formula is C99H186O47. The fourth-order valence-corrected chi connectivity index (χ4v) is 8.93. The lowest BCUT2D eigenvalue weighted by Crippen LogP contribution is -2.34. The Morgan fingerprint density at radius 1 is 0.164 bits per heavy atom. The molecule has 18 unspecified atom stereocenters. The van der Waals surface area contributed by atoms with Crippen LogP contribution >= 0.6 is 0 Å². The number of hydrogen-bond donors (Lipinski definition) is 21. The Kier molecular flexibility index (Phi) is 131. The lowest BCUT2D eigenvalue weighted by atomic mass is 10.3. The average molecular weight is 2130 g/mol. The standard InChI is InChI=1S/6C15H28O7.C6H10O2.C3H8O3/c1-3-5-19-9-13(18)10-21-15(8-17)12-22-14(7-16)11-20-6-4-2;1-3-5-19-8-13(17)10-21-12-15(7-16)22-11-14(18)9-20-6-4-2;1-3-5-19-8-13(17)9-21-10-14(18)11-22-15(7-16)12-20-6-4-2;1-3-5-19-8-14(18)9-21-12-15(11-20-6-4-2)22-10-13(17)7-16;1-3-5-19-7-13(16)9-21-11-15(18)12-22-10-14(17)8-20-6-4-2;1-3-5-19-9-14(18)10-22-15(11-20-6-4-2)12-21-8-13(17)7-16;1-2-3-7-4-6-5-8-6;4-1-3(6)2-5/h6*3-4,13-18H,1-2,5-12H2;2,6H,1,3-5H2;3-6H,1-2H2. The first-order valence-electron chi connectivity index (χ1n) is 47.5. The van der Waals surface area contributed by atoms with Crippen LogP contribution in [0.2, 0.25) is 0 Å². The molecule has 0 aromatic heterocycles. The van der Waals surface area contributed by atoms with E-state index in [4.69, 9.17) is 164 Å². The maximum atomic E-state index is 9.69. The SMILES string of the molecule is C=CCOCC(O)COC(CO)COC(CO)COCC=C.C=CCOCC(O)COC(COCC=C)COCC(O)CO.C=CCOCC(O)COCC(CO)OCC(O)COCC=C.C=CCOCC(O)COCC(COCC=C)OCC(O)CO.C=CCOCC(O)COCC(O)COC(CO)COCC=C.C=CCOCC(O)COCC(O)COCC(O)COCC=C.C=CCOCC1CO1.OCC(O)CO. The molecule has 864 valence electrons. The van der Waals surface area contributed by atoms with Crippen molar-refractivity contribution in [2.45, 2.75) is 122 Å². The minimum absolute atomic E-state index is 0.00280. The zero-order valence-electron chi connectivity index (χ0n) is 85.7. The number of hydrogen-bond acceptors (Lipinski definition) is 47. The molecule has 1 aliphatic rings. The van der Waals surface area contributed by atoms with Crippen molar-refractivity contribution >= 4 is 0 Å². The molecule has 0 aromatic rings. The monoisotopic (exact) mass is 2130 g/mol. The summed E-state index contributed by atoms with van der Waals surface area (Å²) in [6, 6.07) is 0. The van der Waals surface area contributed by atoms with Crippen molar-refractivity contribution < 1.29 is 230 Å². The highest BCUT2D eigenvalue weighted by atomic mass is 16.6. The Labute approximate surface area is 863 Å². The summed E-state index contributed by atoms with van der Waals surface area (Å²) in [4.78, 5) is 0. The highest BCUT2D eigenvalue weighted by Crippen LogP contribution is 2.10. The van der Waals surface area contributed by atoms with Crippen LogP contribution in [-0.4, -0.2) is 579 Å². The minimum Gasteiger partial charge on any atom is -0.394 e. The fraction of sp³-hybridized carbons (Fsp3) is 0.737. The highest BCUT2D eigenvalue weighted by molar-refractivity contribution is 4.77. The van der Waals surface area contributed by atoms with E-state index in [0.29, 0.717) is 92.0 Å². The quantitative estimate of drug-likeness (QED) is 0.0157. The normalized spacial score (nSPS) is 15.6. The fourth-order valence-electron chi connectivity index (χ4n) is 8.93. The predicted octanol–water partition coefficient (Wildman–Crippen LogP) is -4.04. The topological polar surface area (TPSA) is 668 Å². The third-order valence-electron chi connectivity index (χ3n) is 16.0. The second-order valence-corrected chi connectivity index (χ2v) is 30.6. The van der Waals surface area contributed by atoms with Crippen molar-refractivity contribution in [2.24, 2.45) is 0 Å². The van der Waals surface area contributed by atoms with Gasteiger partial charge in [0.05, 0.1) is 350 Å². The van der Waals surface area contributed by atoms with E-state index in [9.17, 15) is 66.4 Å². The van der Waals surface area contributed by atoms with Crippen LogP contribution in [0.5, 0.6) is 0 Å². The molecule has 18 atom stereocenters. The van der Waals surface area contributed by atoms with Crippen molar-refractivity contribution in [1.29, 1.82) is 0 Å². The molecule has 21 N–H and O–H groups in total. The van der Waals surface area contributed by atoms with Crippen LogP contribution in [0.25, 0.3) is 0 Å². The van der Waals surface area contributed by atoms with Crippen LogP contribution in [0, 0.1) is 0 Å². The van der Waals surface area contributed by atoms with Crippen molar-refractivity contribution in [1.82, 2.24) is 0 Å². The third-order valence-corrected chi connectivity index (χ3v) is 16.0. The van der Waals surface area contributed by atoms with E-state index in [-0.39, 0.29) is 251 Å². The summed E-state index contributed by atoms with van der Waals surface area (Å²) in [7, 11) is 0. The van der Waals surface area contributed by atoms with E-state index < -0.39 is 116 Å². The van der Waals surface area contributed by atoms with Gasteiger partial charge in [-0.25, -0.2) is 0 Å². The number of aliphatic hydroxyl groups excluding tert-OH is 21.